The lowest BCUT2D eigenvalue weighted by Crippen LogP contribution is -2.06. The molecule has 50 heavy (non-hydrogen) atoms. The minimum atomic E-state index is -0.433. The second-order valence-electron chi connectivity index (χ2n) is 12.1. The highest BCUT2D eigenvalue weighted by atomic mass is 15.2. The van der Waals surface area contributed by atoms with E-state index in [1.807, 2.05) is 48.5 Å². The van der Waals surface area contributed by atoms with Gasteiger partial charge in [-0.3, -0.25) is 4.57 Å². The van der Waals surface area contributed by atoms with Crippen LogP contribution in [0.4, 0.5) is 0 Å². The summed E-state index contributed by atoms with van der Waals surface area (Å²) in [5.74, 6) is 1.27. The van der Waals surface area contributed by atoms with Gasteiger partial charge in [0.1, 0.15) is 0 Å². The van der Waals surface area contributed by atoms with Crippen LogP contribution in [-0.4, -0.2) is 24.1 Å². The zero-order chi connectivity index (χ0) is 37.4. The summed E-state index contributed by atoms with van der Waals surface area (Å²) in [6.07, 6.45) is 0. The van der Waals surface area contributed by atoms with Crippen molar-refractivity contribution in [3.8, 4) is 45.5 Å². The van der Waals surface area contributed by atoms with Gasteiger partial charge in [0.25, 0.3) is 0 Å². The molecule has 0 fully saturated rings. The molecule has 0 aliphatic rings. The molecular weight excluding hydrogens is 611 g/mol. The van der Waals surface area contributed by atoms with Gasteiger partial charge >= 0.3 is 0 Å². The van der Waals surface area contributed by atoms with E-state index in [4.69, 9.17) is 21.8 Å². The summed E-state index contributed by atoms with van der Waals surface area (Å²) in [6.45, 7) is 0. The summed E-state index contributed by atoms with van der Waals surface area (Å²) in [5, 5.41) is 4.42. The number of nitrogens with zero attached hydrogens (tertiary/aromatic N) is 5. The molecule has 234 valence electrons. The van der Waals surface area contributed by atoms with E-state index in [-0.39, 0.29) is 29.7 Å². The Morgan fingerprint density at radius 3 is 1.82 bits per heavy atom. The first kappa shape index (κ1) is 23.5. The summed E-state index contributed by atoms with van der Waals surface area (Å²) in [7, 11) is 0. The topological polar surface area (TPSA) is 48.5 Å². The van der Waals surface area contributed by atoms with E-state index in [2.05, 4.69) is 88.0 Å². The van der Waals surface area contributed by atoms with Crippen LogP contribution in [0.1, 0.15) is 6.85 Å². The van der Waals surface area contributed by atoms with Crippen LogP contribution in [0, 0.1) is 0 Å². The molecule has 0 radical (unpaired) electrons. The predicted molar refractivity (Wildman–Crippen MR) is 205 cm³/mol. The zero-order valence-electron chi connectivity index (χ0n) is 31.6. The van der Waals surface area contributed by atoms with Gasteiger partial charge in [0.2, 0.25) is 5.95 Å². The van der Waals surface area contributed by atoms with Gasteiger partial charge in [-0.1, -0.05) is 139 Å². The van der Waals surface area contributed by atoms with Gasteiger partial charge in [0.15, 0.2) is 11.6 Å². The van der Waals surface area contributed by atoms with Crippen molar-refractivity contribution in [2.75, 3.05) is 0 Å². The Morgan fingerprint density at radius 1 is 0.420 bits per heavy atom. The lowest BCUT2D eigenvalue weighted by atomic mass is 10.0. The average molecular weight is 645 g/mol. The van der Waals surface area contributed by atoms with E-state index in [9.17, 15) is 0 Å². The van der Waals surface area contributed by atoms with Crippen molar-refractivity contribution in [3.63, 3.8) is 0 Å². The van der Waals surface area contributed by atoms with Crippen molar-refractivity contribution in [1.82, 2.24) is 24.1 Å². The third kappa shape index (κ3) is 4.45. The van der Waals surface area contributed by atoms with Crippen LogP contribution < -0.4 is 0 Å². The van der Waals surface area contributed by atoms with E-state index < -0.39 is 6.04 Å². The highest BCUT2D eigenvalue weighted by Gasteiger charge is 2.22. The Labute approximate surface area is 295 Å². The quantitative estimate of drug-likeness (QED) is 0.187. The van der Waals surface area contributed by atoms with Crippen molar-refractivity contribution in [2.45, 2.75) is 0 Å². The maximum Gasteiger partial charge on any atom is 0.238 e. The summed E-state index contributed by atoms with van der Waals surface area (Å²) in [4.78, 5) is 15.2. The Hall–Kier alpha value is -6.85. The monoisotopic (exact) mass is 644 g/mol. The second-order valence-corrected chi connectivity index (χ2v) is 12.1. The molecule has 5 heteroatoms. The van der Waals surface area contributed by atoms with Crippen LogP contribution in [0.15, 0.2) is 176 Å². The fourth-order valence-corrected chi connectivity index (χ4v) is 7.09. The highest BCUT2D eigenvalue weighted by molar-refractivity contribution is 6.26. The van der Waals surface area contributed by atoms with E-state index in [1.54, 1.807) is 18.2 Å². The van der Waals surface area contributed by atoms with Crippen LogP contribution in [0.25, 0.3) is 89.2 Å². The second kappa shape index (κ2) is 11.4. The minimum absolute atomic E-state index is 0.116. The Balaban J connectivity index is 1.27. The molecule has 0 unspecified atom stereocenters. The van der Waals surface area contributed by atoms with Gasteiger partial charge in [0, 0.05) is 38.4 Å². The molecule has 0 amide bonds. The molecule has 0 saturated carbocycles. The normalized spacial score (nSPS) is 13.0. The fourth-order valence-electron chi connectivity index (χ4n) is 7.09. The molecule has 0 aliphatic carbocycles. The Kier molecular flexibility index (Phi) is 5.35. The first-order chi connectivity index (χ1) is 26.9. The summed E-state index contributed by atoms with van der Waals surface area (Å²) in [6, 6.07) is 46.7. The average Bonchev–Trinajstić information content (AvgIpc) is 3.76. The lowest BCUT2D eigenvalue weighted by Gasteiger charge is -2.12. The maximum atomic E-state index is 8.62. The van der Waals surface area contributed by atoms with Crippen molar-refractivity contribution < 1.29 is 6.85 Å². The number of hydrogen-bond acceptors (Lipinski definition) is 3. The SMILES string of the molecule is [2H]c1c([2H])c([2H])c(-c2cccc(-c3nc(-c4ccccc4)nc(-n4c5ccccc5c5c4ccc4c6ccccc6n(-c6ccccc6)c45)n3)c2)c([2H])c1[2H]. The molecule has 10 rings (SSSR count). The molecular formula is C45H29N5. The van der Waals surface area contributed by atoms with Crippen molar-refractivity contribution in [2.24, 2.45) is 0 Å². The van der Waals surface area contributed by atoms with E-state index >= 15 is 0 Å². The van der Waals surface area contributed by atoms with Crippen molar-refractivity contribution in [1.29, 1.82) is 0 Å². The number of rotatable bonds is 5. The maximum absolute atomic E-state index is 8.62. The number of para-hydroxylation sites is 3. The van der Waals surface area contributed by atoms with Crippen molar-refractivity contribution >= 4 is 43.6 Å². The molecule has 5 nitrogen and oxygen atoms in total. The molecule has 3 aromatic heterocycles. The minimum Gasteiger partial charge on any atom is -0.309 e. The van der Waals surface area contributed by atoms with E-state index in [1.165, 1.54) is 0 Å². The summed E-state index contributed by atoms with van der Waals surface area (Å²) >= 11 is 0. The number of fused-ring (bicyclic) bond motifs is 7. The van der Waals surface area contributed by atoms with Crippen LogP contribution in [-0.2, 0) is 0 Å². The molecule has 10 aromatic rings. The standard InChI is InChI=1S/C45H29N5/c1-4-15-30(16-5-1)32-19-14-20-33(29-32)44-46-43(31-17-6-2-7-18-31)47-45(48-44)50-39-26-13-11-24-37(39)41-40(50)28-27-36-35-23-10-12-25-38(35)49(42(36)41)34-21-8-3-9-22-34/h1-29H/i1D,4D,5D,15D,16D. The van der Waals surface area contributed by atoms with Crippen LogP contribution in [0.3, 0.4) is 0 Å². The smallest absolute Gasteiger partial charge is 0.238 e. The lowest BCUT2D eigenvalue weighted by molar-refractivity contribution is 0.953. The Bertz CT molecular complexity index is 3130. The number of aromatic nitrogens is 5. The van der Waals surface area contributed by atoms with Gasteiger partial charge in [-0.15, -0.1) is 0 Å². The molecule has 3 heterocycles. The summed E-state index contributed by atoms with van der Waals surface area (Å²) in [5.41, 5.74) is 7.11. The third-order valence-electron chi connectivity index (χ3n) is 9.25. The predicted octanol–water partition coefficient (Wildman–Crippen LogP) is 11.1. The van der Waals surface area contributed by atoms with Gasteiger partial charge in [-0.2, -0.15) is 9.97 Å². The molecule has 0 N–H and O–H groups in total. The first-order valence-electron chi connectivity index (χ1n) is 18.9. The van der Waals surface area contributed by atoms with Gasteiger partial charge < -0.3 is 4.57 Å². The largest absolute Gasteiger partial charge is 0.309 e. The van der Waals surface area contributed by atoms with Gasteiger partial charge in [-0.25, -0.2) is 4.98 Å². The van der Waals surface area contributed by atoms with Crippen LogP contribution in [0.5, 0.6) is 0 Å². The number of hydrogen-bond donors (Lipinski definition) is 0. The third-order valence-corrected chi connectivity index (χ3v) is 9.25. The van der Waals surface area contributed by atoms with E-state index in [0.717, 1.165) is 54.9 Å². The molecule has 0 spiro atoms. The molecule has 0 bridgehead atoms. The molecule has 0 atom stereocenters. The first-order valence-corrected chi connectivity index (χ1v) is 16.4. The van der Waals surface area contributed by atoms with Crippen molar-refractivity contribution in [3.05, 3.63) is 176 Å². The molecule has 0 aliphatic heterocycles. The van der Waals surface area contributed by atoms with Gasteiger partial charge in [-0.05, 0) is 47.5 Å². The number of benzene rings is 7. The molecule has 0 saturated heterocycles. The van der Waals surface area contributed by atoms with Crippen LogP contribution >= 0.6 is 0 Å². The van der Waals surface area contributed by atoms with E-state index in [0.29, 0.717) is 28.7 Å². The summed E-state index contributed by atoms with van der Waals surface area (Å²) < 4.78 is 46.3. The molecule has 7 aromatic carbocycles. The van der Waals surface area contributed by atoms with Crippen LogP contribution in [0.2, 0.25) is 0 Å². The zero-order valence-corrected chi connectivity index (χ0v) is 26.6. The van der Waals surface area contributed by atoms with Gasteiger partial charge in [0.05, 0.1) is 28.9 Å². The fraction of sp³-hybridized carbons (Fsp3) is 0. The Morgan fingerprint density at radius 2 is 1.04 bits per heavy atom. The highest BCUT2D eigenvalue weighted by Crippen LogP contribution is 2.41.